The van der Waals surface area contributed by atoms with Crippen LogP contribution in [0.15, 0.2) is 28.9 Å². The third-order valence-electron chi connectivity index (χ3n) is 10.3. The Kier molecular flexibility index (Phi) is 11.8. The van der Waals surface area contributed by atoms with Gasteiger partial charge in [-0.2, -0.15) is 4.31 Å². The first kappa shape index (κ1) is 35.0. The Hall–Kier alpha value is -2.90. The fourth-order valence-electron chi connectivity index (χ4n) is 7.49. The van der Waals surface area contributed by atoms with E-state index in [9.17, 15) is 27.6 Å². The lowest BCUT2D eigenvalue weighted by Crippen LogP contribution is -2.56. The predicted molar refractivity (Wildman–Crippen MR) is 173 cm³/mol. The molecule has 1 aliphatic carbocycles. The summed E-state index contributed by atoms with van der Waals surface area (Å²) in [5.41, 5.74) is 0.823. The Labute approximate surface area is 268 Å². The molecule has 0 aromatic rings. The molecule has 4 aliphatic rings. The molecule has 0 spiro atoms. The van der Waals surface area contributed by atoms with Crippen LogP contribution in [0, 0.1) is 11.8 Å². The Morgan fingerprint density at radius 3 is 2.18 bits per heavy atom. The highest BCUT2D eigenvalue weighted by Gasteiger charge is 2.44. The highest BCUT2D eigenvalue weighted by atomic mass is 32.2. The maximum Gasteiger partial charge on any atom is 0.244 e. The molecule has 0 bridgehead atoms. The number of nitrogens with one attached hydrogen (secondary N) is 1. The number of allylic oxidation sites excluding steroid dienone is 2. The molecule has 0 aromatic heterocycles. The quantitative estimate of drug-likeness (QED) is 0.281. The molecule has 4 rings (SSSR count). The van der Waals surface area contributed by atoms with Gasteiger partial charge in [0.15, 0.2) is 0 Å². The van der Waals surface area contributed by atoms with Crippen LogP contribution in [-0.2, 0) is 29.2 Å². The molecule has 45 heavy (non-hydrogen) atoms. The molecule has 1 N–H and O–H groups in total. The van der Waals surface area contributed by atoms with Crippen molar-refractivity contribution in [2.24, 2.45) is 16.8 Å². The topological polar surface area (TPSA) is 140 Å². The average Bonchev–Trinajstić information content (AvgIpc) is 3.34. The largest absolute Gasteiger partial charge is 0.344 e. The van der Waals surface area contributed by atoms with Gasteiger partial charge in [-0.1, -0.05) is 11.6 Å². The minimum absolute atomic E-state index is 0.0566. The van der Waals surface area contributed by atoms with Gasteiger partial charge in [0.2, 0.25) is 27.7 Å². The van der Waals surface area contributed by atoms with E-state index in [1.54, 1.807) is 47.2 Å². The molecular weight excluding hydrogens is 596 g/mol. The number of carbonyl (C=O) groups excluding carboxylic acids is 4. The zero-order valence-electron chi connectivity index (χ0n) is 27.2. The second kappa shape index (κ2) is 15.1. The Morgan fingerprint density at radius 1 is 0.978 bits per heavy atom. The summed E-state index contributed by atoms with van der Waals surface area (Å²) in [6.45, 7) is 11.5. The number of likely N-dealkylation sites (tertiary alicyclic amines) is 2. The molecule has 3 heterocycles. The molecule has 13 heteroatoms. The van der Waals surface area contributed by atoms with Gasteiger partial charge in [-0.05, 0) is 72.1 Å². The fraction of sp³-hybridized carbons (Fsp3) is 0.719. The summed E-state index contributed by atoms with van der Waals surface area (Å²) < 4.78 is 28.7. The smallest absolute Gasteiger partial charge is 0.244 e. The van der Waals surface area contributed by atoms with E-state index >= 15 is 0 Å². The van der Waals surface area contributed by atoms with Crippen LogP contribution in [0.3, 0.4) is 0 Å². The highest BCUT2D eigenvalue weighted by molar-refractivity contribution is 7.89. The van der Waals surface area contributed by atoms with E-state index in [-0.39, 0.29) is 35.8 Å². The van der Waals surface area contributed by atoms with Crippen molar-refractivity contribution >= 4 is 40.2 Å². The molecule has 0 radical (unpaired) electrons. The molecule has 3 amide bonds. The van der Waals surface area contributed by atoms with Crippen molar-refractivity contribution in [2.75, 3.05) is 46.3 Å². The van der Waals surface area contributed by atoms with E-state index in [0.29, 0.717) is 58.2 Å². The molecule has 1 saturated carbocycles. The van der Waals surface area contributed by atoms with Gasteiger partial charge in [0, 0.05) is 70.9 Å². The van der Waals surface area contributed by atoms with Crippen LogP contribution in [0.1, 0.15) is 65.7 Å². The lowest BCUT2D eigenvalue weighted by molar-refractivity contribution is -0.137. The number of likely N-dealkylation sites (N-methyl/N-ethyl adjacent to an activating group) is 1. The van der Waals surface area contributed by atoms with Crippen molar-refractivity contribution in [1.29, 1.82) is 0 Å². The maximum absolute atomic E-state index is 13.5. The lowest BCUT2D eigenvalue weighted by Gasteiger charge is -2.42. The van der Waals surface area contributed by atoms with Gasteiger partial charge in [-0.3, -0.25) is 29.1 Å². The minimum Gasteiger partial charge on any atom is -0.344 e. The van der Waals surface area contributed by atoms with Gasteiger partial charge in [0.05, 0.1) is 17.2 Å². The number of piperazine rings is 1. The van der Waals surface area contributed by atoms with E-state index in [4.69, 9.17) is 0 Å². The molecule has 3 saturated heterocycles. The zero-order chi connectivity index (χ0) is 32.9. The van der Waals surface area contributed by atoms with Crippen molar-refractivity contribution in [1.82, 2.24) is 24.3 Å². The van der Waals surface area contributed by atoms with Crippen LogP contribution in [0.2, 0.25) is 0 Å². The SMILES string of the molecule is C=N/C=C\C=C(/C)[C@@H]1[C@@H](C(=O)N[C@@H](C)C(=O)N2CCC(S(=O)(=O)N3CCN(C4CCC(C(C)=O)CC4)CC3)CC2)CC(=O)N1C. The number of aliphatic imine (C=N–C) groups is 1. The fourth-order valence-corrected chi connectivity index (χ4v) is 9.39. The number of nitrogens with zero attached hydrogens (tertiary/aromatic N) is 5. The summed E-state index contributed by atoms with van der Waals surface area (Å²) in [7, 11) is -1.83. The van der Waals surface area contributed by atoms with Crippen LogP contribution in [0.25, 0.3) is 0 Å². The summed E-state index contributed by atoms with van der Waals surface area (Å²) in [6, 6.07) is -0.820. The van der Waals surface area contributed by atoms with E-state index in [0.717, 1.165) is 31.3 Å². The third-order valence-corrected chi connectivity index (χ3v) is 12.7. The molecule has 0 aromatic carbocycles. The first-order valence-electron chi connectivity index (χ1n) is 16.2. The Balaban J connectivity index is 1.25. The predicted octanol–water partition coefficient (Wildman–Crippen LogP) is 1.58. The summed E-state index contributed by atoms with van der Waals surface area (Å²) in [6.07, 6.45) is 9.59. The summed E-state index contributed by atoms with van der Waals surface area (Å²) >= 11 is 0. The monoisotopic (exact) mass is 646 g/mol. The van der Waals surface area contributed by atoms with Gasteiger partial charge in [-0.25, -0.2) is 8.42 Å². The number of ketones is 1. The van der Waals surface area contributed by atoms with Gasteiger partial charge >= 0.3 is 0 Å². The number of piperidine rings is 1. The van der Waals surface area contributed by atoms with Crippen LogP contribution >= 0.6 is 0 Å². The number of amides is 3. The van der Waals surface area contributed by atoms with Crippen molar-refractivity contribution in [3.05, 3.63) is 23.9 Å². The van der Waals surface area contributed by atoms with Crippen LogP contribution in [-0.4, -0.2) is 127 Å². The van der Waals surface area contributed by atoms with E-state index in [1.807, 2.05) is 6.92 Å². The molecule has 12 nitrogen and oxygen atoms in total. The first-order chi connectivity index (χ1) is 21.3. The normalized spacial score (nSPS) is 28.8. The van der Waals surface area contributed by atoms with E-state index in [2.05, 4.69) is 21.9 Å². The van der Waals surface area contributed by atoms with E-state index in [1.165, 1.54) is 6.20 Å². The number of hydrogen-bond acceptors (Lipinski definition) is 8. The molecular formula is C32H50N6O6S. The van der Waals surface area contributed by atoms with Crippen molar-refractivity contribution in [2.45, 2.75) is 89.1 Å². The van der Waals surface area contributed by atoms with Crippen LogP contribution in [0.5, 0.6) is 0 Å². The number of rotatable bonds is 10. The average molecular weight is 647 g/mol. The van der Waals surface area contributed by atoms with Gasteiger partial charge in [0.25, 0.3) is 0 Å². The molecule has 3 aliphatic heterocycles. The molecule has 250 valence electrons. The lowest BCUT2D eigenvalue weighted by atomic mass is 9.83. The molecule has 3 atom stereocenters. The van der Waals surface area contributed by atoms with Crippen molar-refractivity contribution < 1.29 is 27.6 Å². The minimum atomic E-state index is -3.49. The number of sulfonamides is 1. The van der Waals surface area contributed by atoms with Gasteiger partial charge < -0.3 is 15.1 Å². The van der Waals surface area contributed by atoms with Gasteiger partial charge in [0.1, 0.15) is 11.8 Å². The molecule has 4 fully saturated rings. The summed E-state index contributed by atoms with van der Waals surface area (Å²) in [5, 5.41) is 2.28. The second-order valence-electron chi connectivity index (χ2n) is 13.0. The van der Waals surface area contributed by atoms with E-state index < -0.39 is 33.3 Å². The standard InChI is InChI=1S/C32H50N6O6S/c1-22(7-6-14-33-4)30-28(21-29(40)35(30)5)31(41)34-23(2)32(42)37-15-12-27(13-16-37)45(43,44)38-19-17-36(18-20-38)26-10-8-25(9-11-26)24(3)39/h6-7,14,23,25-28,30H,4,8-13,15-21H2,1-3,5H3,(H,34,41)/b14-6-,22-7+/t23-,25?,26?,28-,30+/m0/s1. The second-order valence-corrected chi connectivity index (χ2v) is 15.3. The van der Waals surface area contributed by atoms with Gasteiger partial charge in [-0.15, -0.1) is 0 Å². The number of carbonyl (C=O) groups is 4. The summed E-state index contributed by atoms with van der Waals surface area (Å²) in [4.78, 5) is 60.0. The Bertz CT molecular complexity index is 1290. The number of Topliss-reactive ketones (excluding diaryl/α,β-unsaturated/α-hetero) is 1. The molecule has 0 unspecified atom stereocenters. The third kappa shape index (κ3) is 8.10. The zero-order valence-corrected chi connectivity index (χ0v) is 28.0. The number of hydrogen-bond donors (Lipinski definition) is 1. The van der Waals surface area contributed by atoms with Crippen LogP contribution in [0.4, 0.5) is 0 Å². The first-order valence-corrected chi connectivity index (χ1v) is 17.7. The summed E-state index contributed by atoms with van der Waals surface area (Å²) in [5.74, 6) is -0.943. The van der Waals surface area contributed by atoms with Crippen LogP contribution < -0.4 is 5.32 Å². The maximum atomic E-state index is 13.5. The van der Waals surface area contributed by atoms with Crippen molar-refractivity contribution in [3.63, 3.8) is 0 Å². The van der Waals surface area contributed by atoms with Crippen molar-refractivity contribution in [3.8, 4) is 0 Å². The Morgan fingerprint density at radius 2 is 1.60 bits per heavy atom. The highest BCUT2D eigenvalue weighted by Crippen LogP contribution is 2.31.